The van der Waals surface area contributed by atoms with Crippen molar-refractivity contribution < 1.29 is 9.53 Å². The second kappa shape index (κ2) is 12.9. The minimum atomic E-state index is -0.228. The van der Waals surface area contributed by atoms with Crippen molar-refractivity contribution in [3.63, 3.8) is 0 Å². The normalized spacial score (nSPS) is 17.9. The molecule has 0 aromatic carbocycles. The Morgan fingerprint density at radius 1 is 1.13 bits per heavy atom. The summed E-state index contributed by atoms with van der Waals surface area (Å²) >= 11 is 0. The van der Waals surface area contributed by atoms with E-state index in [1.807, 2.05) is 13.1 Å². The third kappa shape index (κ3) is 7.40. The number of guanidine groups is 1. The van der Waals surface area contributed by atoms with E-state index in [9.17, 15) is 4.79 Å². The number of carbonyl (C=O) groups is 1. The van der Waals surface area contributed by atoms with Crippen LogP contribution >= 0.6 is 24.0 Å². The maximum Gasteiger partial charge on any atom is 0.409 e. The number of ether oxygens (including phenoxy) is 1. The van der Waals surface area contributed by atoms with Crippen LogP contribution in [0.1, 0.15) is 39.2 Å². The lowest BCUT2D eigenvalue weighted by Crippen LogP contribution is -2.53. The lowest BCUT2D eigenvalue weighted by molar-refractivity contribution is 0.0914. The molecule has 0 aliphatic carbocycles. The molecule has 2 aliphatic heterocycles. The number of aliphatic imine (C=N–C) groups is 1. The van der Waals surface area contributed by atoms with E-state index in [1.165, 1.54) is 12.8 Å². The number of hydrogen-bond donors (Lipinski definition) is 1. The molecule has 174 valence electrons. The second-order valence-electron chi connectivity index (χ2n) is 8.04. The van der Waals surface area contributed by atoms with Gasteiger partial charge in [-0.2, -0.15) is 0 Å². The second-order valence-corrected chi connectivity index (χ2v) is 8.04. The monoisotopic (exact) mass is 544 g/mol. The fourth-order valence-electron chi connectivity index (χ4n) is 3.84. The standard InChI is InChI=1S/C22H36N6O2.HI/c1-4-23-21(27-12-14-28(15-13-27)22(29)30-5-2)25-17-19-6-7-20(24-16-19)26-10-8-18(3)9-11-26;/h6-7,16,18H,4-5,8-15,17H2,1-3H3,(H,23,25);1H. The van der Waals surface area contributed by atoms with Crippen LogP contribution in [0.2, 0.25) is 0 Å². The number of nitrogens with zero attached hydrogens (tertiary/aromatic N) is 5. The first-order valence-corrected chi connectivity index (χ1v) is 11.3. The van der Waals surface area contributed by atoms with E-state index in [0.29, 0.717) is 26.2 Å². The summed E-state index contributed by atoms with van der Waals surface area (Å²) in [5, 5.41) is 3.37. The number of nitrogens with one attached hydrogen (secondary N) is 1. The number of piperidine rings is 1. The first-order valence-electron chi connectivity index (χ1n) is 11.3. The summed E-state index contributed by atoms with van der Waals surface area (Å²) in [5.41, 5.74) is 1.10. The molecule has 3 heterocycles. The number of pyridine rings is 1. The van der Waals surface area contributed by atoms with Crippen molar-refractivity contribution in [3.8, 4) is 0 Å². The third-order valence-electron chi connectivity index (χ3n) is 5.77. The molecule has 0 radical (unpaired) electrons. The molecule has 8 nitrogen and oxygen atoms in total. The van der Waals surface area contributed by atoms with Gasteiger partial charge in [-0.3, -0.25) is 0 Å². The predicted molar refractivity (Wildman–Crippen MR) is 135 cm³/mol. The molecule has 3 rings (SSSR count). The average molecular weight is 544 g/mol. The van der Waals surface area contributed by atoms with Gasteiger partial charge in [0.15, 0.2) is 5.96 Å². The summed E-state index contributed by atoms with van der Waals surface area (Å²) in [6.07, 6.45) is 4.19. The van der Waals surface area contributed by atoms with E-state index < -0.39 is 0 Å². The number of aromatic nitrogens is 1. The van der Waals surface area contributed by atoms with E-state index in [-0.39, 0.29) is 30.1 Å². The molecule has 9 heteroatoms. The van der Waals surface area contributed by atoms with Gasteiger partial charge in [0.25, 0.3) is 0 Å². The topological polar surface area (TPSA) is 73.3 Å². The van der Waals surface area contributed by atoms with E-state index >= 15 is 0 Å². The van der Waals surface area contributed by atoms with Gasteiger partial charge in [0, 0.05) is 52.0 Å². The summed E-state index contributed by atoms with van der Waals surface area (Å²) in [4.78, 5) is 27.7. The zero-order valence-electron chi connectivity index (χ0n) is 19.0. The fraction of sp³-hybridized carbons (Fsp3) is 0.682. The van der Waals surface area contributed by atoms with Crippen molar-refractivity contribution in [1.29, 1.82) is 0 Å². The fourth-order valence-corrected chi connectivity index (χ4v) is 3.84. The van der Waals surface area contributed by atoms with Gasteiger partial charge in [-0.05, 0) is 44.2 Å². The van der Waals surface area contributed by atoms with Crippen LogP contribution in [-0.4, -0.2) is 79.3 Å². The molecule has 1 amide bonds. The first kappa shape index (κ1) is 25.5. The Balaban J connectivity index is 0.00000341. The van der Waals surface area contributed by atoms with Crippen LogP contribution in [0.5, 0.6) is 0 Å². The number of amides is 1. The Hall–Kier alpha value is -1.78. The Morgan fingerprint density at radius 3 is 2.39 bits per heavy atom. The summed E-state index contributed by atoms with van der Waals surface area (Å²) in [6, 6.07) is 4.25. The quantitative estimate of drug-likeness (QED) is 0.349. The first-order chi connectivity index (χ1) is 14.6. The van der Waals surface area contributed by atoms with Gasteiger partial charge < -0.3 is 24.8 Å². The molecule has 2 saturated heterocycles. The van der Waals surface area contributed by atoms with Crippen LogP contribution in [-0.2, 0) is 11.3 Å². The Labute approximate surface area is 203 Å². The molecular weight excluding hydrogens is 507 g/mol. The highest BCUT2D eigenvalue weighted by molar-refractivity contribution is 14.0. The number of hydrogen-bond acceptors (Lipinski definition) is 5. The van der Waals surface area contributed by atoms with Gasteiger partial charge in [0.1, 0.15) is 5.82 Å². The molecule has 2 aliphatic rings. The average Bonchev–Trinajstić information content (AvgIpc) is 2.78. The lowest BCUT2D eigenvalue weighted by Gasteiger charge is -2.35. The largest absolute Gasteiger partial charge is 0.450 e. The van der Waals surface area contributed by atoms with E-state index in [4.69, 9.17) is 9.73 Å². The molecule has 0 spiro atoms. The van der Waals surface area contributed by atoms with Crippen molar-refractivity contribution in [2.24, 2.45) is 10.9 Å². The van der Waals surface area contributed by atoms with Crippen molar-refractivity contribution in [3.05, 3.63) is 23.9 Å². The zero-order valence-corrected chi connectivity index (χ0v) is 21.4. The minimum Gasteiger partial charge on any atom is -0.450 e. The number of halogens is 1. The van der Waals surface area contributed by atoms with Crippen molar-refractivity contribution >= 4 is 41.8 Å². The van der Waals surface area contributed by atoms with Gasteiger partial charge in [-0.1, -0.05) is 13.0 Å². The van der Waals surface area contributed by atoms with E-state index in [2.05, 4.69) is 46.1 Å². The summed E-state index contributed by atoms with van der Waals surface area (Å²) < 4.78 is 5.10. The Morgan fingerprint density at radius 2 is 1.81 bits per heavy atom. The van der Waals surface area contributed by atoms with Crippen LogP contribution in [0, 0.1) is 5.92 Å². The predicted octanol–water partition coefficient (Wildman–Crippen LogP) is 3.18. The number of rotatable bonds is 5. The lowest BCUT2D eigenvalue weighted by atomic mass is 9.99. The molecular formula is C22H37IN6O2. The van der Waals surface area contributed by atoms with Gasteiger partial charge in [0.05, 0.1) is 13.2 Å². The smallest absolute Gasteiger partial charge is 0.409 e. The third-order valence-corrected chi connectivity index (χ3v) is 5.77. The molecule has 1 N–H and O–H groups in total. The maximum absolute atomic E-state index is 11.9. The molecule has 0 atom stereocenters. The van der Waals surface area contributed by atoms with E-state index in [1.54, 1.807) is 4.90 Å². The minimum absolute atomic E-state index is 0. The van der Waals surface area contributed by atoms with Crippen LogP contribution < -0.4 is 10.2 Å². The molecule has 0 saturated carbocycles. The van der Waals surface area contributed by atoms with E-state index in [0.717, 1.165) is 56.0 Å². The van der Waals surface area contributed by atoms with Crippen LogP contribution in [0.15, 0.2) is 23.3 Å². The number of anilines is 1. The highest BCUT2D eigenvalue weighted by atomic mass is 127. The zero-order chi connectivity index (χ0) is 21.3. The highest BCUT2D eigenvalue weighted by Crippen LogP contribution is 2.21. The van der Waals surface area contributed by atoms with Crippen molar-refractivity contribution in [2.45, 2.75) is 40.2 Å². The van der Waals surface area contributed by atoms with Gasteiger partial charge >= 0.3 is 6.09 Å². The Bertz CT molecular complexity index is 698. The molecule has 1 aromatic rings. The van der Waals surface area contributed by atoms with Gasteiger partial charge in [-0.15, -0.1) is 24.0 Å². The van der Waals surface area contributed by atoms with Gasteiger partial charge in [0.2, 0.25) is 0 Å². The molecule has 2 fully saturated rings. The SMILES string of the molecule is CCNC(=NCc1ccc(N2CCC(C)CC2)nc1)N1CCN(C(=O)OCC)CC1.I. The van der Waals surface area contributed by atoms with Crippen LogP contribution in [0.25, 0.3) is 0 Å². The molecule has 1 aromatic heterocycles. The maximum atomic E-state index is 11.9. The van der Waals surface area contributed by atoms with Crippen molar-refractivity contribution in [2.75, 3.05) is 57.3 Å². The van der Waals surface area contributed by atoms with Crippen LogP contribution in [0.4, 0.5) is 10.6 Å². The van der Waals surface area contributed by atoms with Crippen LogP contribution in [0.3, 0.4) is 0 Å². The molecule has 0 unspecified atom stereocenters. The summed E-state index contributed by atoms with van der Waals surface area (Å²) in [7, 11) is 0. The number of carbonyl (C=O) groups excluding carboxylic acids is 1. The summed E-state index contributed by atoms with van der Waals surface area (Å²) in [5.74, 6) is 2.77. The Kier molecular flexibility index (Phi) is 10.6. The molecule has 0 bridgehead atoms. The summed E-state index contributed by atoms with van der Waals surface area (Å²) in [6.45, 7) is 13.0. The highest BCUT2D eigenvalue weighted by Gasteiger charge is 2.23. The van der Waals surface area contributed by atoms with Crippen molar-refractivity contribution in [1.82, 2.24) is 20.1 Å². The number of piperazine rings is 1. The van der Waals surface area contributed by atoms with Gasteiger partial charge in [-0.25, -0.2) is 14.8 Å². The molecule has 31 heavy (non-hydrogen) atoms.